The van der Waals surface area contributed by atoms with Crippen molar-refractivity contribution in [2.45, 2.75) is 33.1 Å². The number of hydrogen-bond acceptors (Lipinski definition) is 3. The van der Waals surface area contributed by atoms with E-state index >= 15 is 0 Å². The van der Waals surface area contributed by atoms with Crippen molar-refractivity contribution in [1.29, 1.82) is 0 Å². The predicted octanol–water partition coefficient (Wildman–Crippen LogP) is 2.12. The molecule has 3 heterocycles. The number of piperidine rings is 1. The van der Waals surface area contributed by atoms with Gasteiger partial charge in [0.2, 0.25) is 11.8 Å². The molecule has 2 aromatic heterocycles. The second kappa shape index (κ2) is 7.68. The highest BCUT2D eigenvalue weighted by Gasteiger charge is 2.27. The van der Waals surface area contributed by atoms with E-state index in [0.29, 0.717) is 32.0 Å². The quantitative estimate of drug-likeness (QED) is 0.874. The molecule has 0 saturated carbocycles. The van der Waals surface area contributed by atoms with Gasteiger partial charge in [-0.1, -0.05) is 13.8 Å². The smallest absolute Gasteiger partial charge is 0.227 e. The normalized spacial score (nSPS) is 15.7. The number of nitrogens with one attached hydrogen (secondary N) is 2. The van der Waals surface area contributed by atoms with Crippen molar-refractivity contribution in [3.8, 4) is 0 Å². The summed E-state index contributed by atoms with van der Waals surface area (Å²) in [6, 6.07) is 3.86. The summed E-state index contributed by atoms with van der Waals surface area (Å²) in [5, 5.41) is 4.00. The summed E-state index contributed by atoms with van der Waals surface area (Å²) in [4.78, 5) is 34.0. The van der Waals surface area contributed by atoms with Gasteiger partial charge in [0.1, 0.15) is 5.65 Å². The zero-order valence-electron chi connectivity index (χ0n) is 14.9. The Hall–Kier alpha value is -2.37. The second-order valence-corrected chi connectivity index (χ2v) is 7.18. The summed E-state index contributed by atoms with van der Waals surface area (Å²) in [6.07, 6.45) is 5.45. The average molecular weight is 342 g/mol. The largest absolute Gasteiger partial charge is 0.356 e. The predicted molar refractivity (Wildman–Crippen MR) is 96.9 cm³/mol. The van der Waals surface area contributed by atoms with Crippen LogP contribution in [0.25, 0.3) is 11.0 Å². The maximum atomic E-state index is 12.6. The third kappa shape index (κ3) is 4.18. The van der Waals surface area contributed by atoms with Crippen LogP contribution in [0.15, 0.2) is 24.5 Å². The summed E-state index contributed by atoms with van der Waals surface area (Å²) < 4.78 is 0. The van der Waals surface area contributed by atoms with Crippen LogP contribution in [0.1, 0.15) is 32.3 Å². The third-order valence-electron chi connectivity index (χ3n) is 4.78. The first-order valence-electron chi connectivity index (χ1n) is 9.01. The Morgan fingerprint density at radius 2 is 2.12 bits per heavy atom. The number of aromatic amines is 1. The van der Waals surface area contributed by atoms with Crippen LogP contribution < -0.4 is 5.32 Å². The lowest BCUT2D eigenvalue weighted by Gasteiger charge is -2.31. The summed E-state index contributed by atoms with van der Waals surface area (Å²) in [5.74, 6) is 0.727. The van der Waals surface area contributed by atoms with Crippen LogP contribution in [0.5, 0.6) is 0 Å². The maximum Gasteiger partial charge on any atom is 0.227 e. The molecule has 0 aromatic carbocycles. The van der Waals surface area contributed by atoms with Crippen LogP contribution in [0.2, 0.25) is 0 Å². The molecule has 6 nitrogen and oxygen atoms in total. The van der Waals surface area contributed by atoms with E-state index in [4.69, 9.17) is 0 Å². The molecule has 25 heavy (non-hydrogen) atoms. The molecule has 0 unspecified atom stereocenters. The van der Waals surface area contributed by atoms with Crippen LogP contribution in [-0.2, 0) is 16.0 Å². The van der Waals surface area contributed by atoms with Crippen molar-refractivity contribution >= 4 is 22.8 Å². The number of likely N-dealkylation sites (tertiary alicyclic amines) is 1. The fraction of sp³-hybridized carbons (Fsp3) is 0.526. The van der Waals surface area contributed by atoms with E-state index in [-0.39, 0.29) is 17.7 Å². The highest BCUT2D eigenvalue weighted by atomic mass is 16.2. The number of nitrogens with zero attached hydrogens (tertiary/aromatic N) is 2. The zero-order valence-corrected chi connectivity index (χ0v) is 14.9. The Bertz CT molecular complexity index is 745. The third-order valence-corrected chi connectivity index (χ3v) is 4.78. The van der Waals surface area contributed by atoms with Crippen molar-refractivity contribution in [3.05, 3.63) is 30.1 Å². The van der Waals surface area contributed by atoms with Gasteiger partial charge in [-0.2, -0.15) is 0 Å². The number of amides is 2. The Kier molecular flexibility index (Phi) is 5.36. The van der Waals surface area contributed by atoms with Crippen LogP contribution in [0.4, 0.5) is 0 Å². The van der Waals surface area contributed by atoms with Gasteiger partial charge in [0.25, 0.3) is 0 Å². The molecule has 2 N–H and O–H groups in total. The van der Waals surface area contributed by atoms with Crippen molar-refractivity contribution in [1.82, 2.24) is 20.2 Å². The van der Waals surface area contributed by atoms with Gasteiger partial charge in [-0.25, -0.2) is 4.98 Å². The first-order chi connectivity index (χ1) is 12.0. The van der Waals surface area contributed by atoms with Crippen LogP contribution in [-0.4, -0.2) is 46.3 Å². The Balaban J connectivity index is 1.52. The lowest BCUT2D eigenvalue weighted by molar-refractivity contribution is -0.135. The Morgan fingerprint density at radius 3 is 2.84 bits per heavy atom. The Morgan fingerprint density at radius 1 is 1.36 bits per heavy atom. The number of H-pyrrole nitrogens is 1. The molecule has 0 radical (unpaired) electrons. The number of rotatable bonds is 5. The lowest BCUT2D eigenvalue weighted by atomic mass is 9.95. The summed E-state index contributed by atoms with van der Waals surface area (Å²) >= 11 is 0. The number of carbonyl (C=O) groups is 2. The SMILES string of the molecule is CC(C)CNC(=O)C1CCN(C(=O)Cc2c[nH]c3ncccc23)CC1. The van der Waals surface area contributed by atoms with Gasteiger partial charge < -0.3 is 15.2 Å². The van der Waals surface area contributed by atoms with Gasteiger partial charge in [0.05, 0.1) is 6.42 Å². The monoisotopic (exact) mass is 342 g/mol. The zero-order chi connectivity index (χ0) is 17.8. The number of aromatic nitrogens is 2. The number of hydrogen-bond donors (Lipinski definition) is 2. The molecule has 2 amide bonds. The van der Waals surface area contributed by atoms with E-state index in [1.807, 2.05) is 23.2 Å². The van der Waals surface area contributed by atoms with Crippen molar-refractivity contribution in [2.24, 2.45) is 11.8 Å². The van der Waals surface area contributed by atoms with Crippen molar-refractivity contribution in [2.75, 3.05) is 19.6 Å². The molecule has 3 rings (SSSR count). The lowest BCUT2D eigenvalue weighted by Crippen LogP contribution is -2.44. The highest BCUT2D eigenvalue weighted by Crippen LogP contribution is 2.21. The second-order valence-electron chi connectivity index (χ2n) is 7.18. The fourth-order valence-electron chi connectivity index (χ4n) is 3.27. The van der Waals surface area contributed by atoms with Gasteiger partial charge in [-0.05, 0) is 36.5 Å². The first kappa shape index (κ1) is 17.5. The first-order valence-corrected chi connectivity index (χ1v) is 9.01. The molecule has 0 atom stereocenters. The Labute approximate surface area is 148 Å². The molecule has 0 bridgehead atoms. The van der Waals surface area contributed by atoms with Gasteiger partial charge in [0.15, 0.2) is 0 Å². The van der Waals surface area contributed by atoms with Crippen LogP contribution in [0, 0.1) is 11.8 Å². The summed E-state index contributed by atoms with van der Waals surface area (Å²) in [6.45, 7) is 6.19. The minimum atomic E-state index is 0.0279. The molecule has 1 aliphatic rings. The van der Waals surface area contributed by atoms with Gasteiger partial charge >= 0.3 is 0 Å². The maximum absolute atomic E-state index is 12.6. The molecular weight excluding hydrogens is 316 g/mol. The summed E-state index contributed by atoms with van der Waals surface area (Å²) in [7, 11) is 0. The van der Waals surface area contributed by atoms with E-state index in [2.05, 4.69) is 29.1 Å². The molecule has 0 aliphatic carbocycles. The van der Waals surface area contributed by atoms with E-state index in [1.165, 1.54) is 0 Å². The topological polar surface area (TPSA) is 78.1 Å². The molecule has 6 heteroatoms. The molecular formula is C19H26N4O2. The molecule has 1 saturated heterocycles. The van der Waals surface area contributed by atoms with E-state index in [0.717, 1.165) is 29.4 Å². The molecule has 0 spiro atoms. The van der Waals surface area contributed by atoms with Gasteiger partial charge in [-0.3, -0.25) is 9.59 Å². The van der Waals surface area contributed by atoms with E-state index < -0.39 is 0 Å². The van der Waals surface area contributed by atoms with E-state index in [1.54, 1.807) is 6.20 Å². The minimum Gasteiger partial charge on any atom is -0.356 e. The van der Waals surface area contributed by atoms with E-state index in [9.17, 15) is 9.59 Å². The van der Waals surface area contributed by atoms with Crippen LogP contribution in [0.3, 0.4) is 0 Å². The summed E-state index contributed by atoms with van der Waals surface area (Å²) in [5.41, 5.74) is 1.79. The molecule has 1 fully saturated rings. The number of pyridine rings is 1. The van der Waals surface area contributed by atoms with Crippen molar-refractivity contribution in [3.63, 3.8) is 0 Å². The molecule has 134 valence electrons. The number of carbonyl (C=O) groups excluding carboxylic acids is 2. The number of fused-ring (bicyclic) bond motifs is 1. The van der Waals surface area contributed by atoms with Crippen LogP contribution >= 0.6 is 0 Å². The standard InChI is InChI=1S/C19H26N4O2/c1-13(2)11-22-19(25)14-5-8-23(9-6-14)17(24)10-15-12-21-18-16(15)4-3-7-20-18/h3-4,7,12-14H,5-6,8-11H2,1-2H3,(H,20,21)(H,22,25). The minimum absolute atomic E-state index is 0.0279. The van der Waals surface area contributed by atoms with Gasteiger partial charge in [-0.15, -0.1) is 0 Å². The molecule has 1 aliphatic heterocycles. The molecule has 2 aromatic rings. The highest BCUT2D eigenvalue weighted by molar-refractivity contribution is 5.87. The van der Waals surface area contributed by atoms with Gasteiger partial charge in [0, 0.05) is 43.3 Å². The fourth-order valence-corrected chi connectivity index (χ4v) is 3.27. The van der Waals surface area contributed by atoms with Crippen molar-refractivity contribution < 1.29 is 9.59 Å². The average Bonchev–Trinajstić information content (AvgIpc) is 3.03.